The van der Waals surface area contributed by atoms with E-state index in [-0.39, 0.29) is 17.3 Å². The van der Waals surface area contributed by atoms with Gasteiger partial charge in [0.2, 0.25) is 0 Å². The lowest BCUT2D eigenvalue weighted by Crippen LogP contribution is -2.02. The first-order valence-corrected chi connectivity index (χ1v) is 7.42. The third-order valence-corrected chi connectivity index (χ3v) is 3.32. The Labute approximate surface area is 108 Å². The molecule has 0 aliphatic carbocycles. The molecule has 0 aliphatic rings. The molecule has 0 fully saturated rings. The van der Waals surface area contributed by atoms with E-state index >= 15 is 0 Å². The smallest absolute Gasteiger partial charge is 0.264 e. The van der Waals surface area contributed by atoms with Crippen LogP contribution in [-0.4, -0.2) is 15.0 Å². The molecule has 1 aromatic rings. The summed E-state index contributed by atoms with van der Waals surface area (Å²) in [4.78, 5) is -0.0251. The Balaban J connectivity index is 3.13. The molecule has 0 aliphatic heterocycles. The van der Waals surface area contributed by atoms with Crippen LogP contribution in [0.25, 0.3) is 0 Å². The molecule has 0 atom stereocenters. The van der Waals surface area contributed by atoms with Gasteiger partial charge in [0.05, 0.1) is 0 Å². The van der Waals surface area contributed by atoms with Gasteiger partial charge >= 0.3 is 0 Å². The molecule has 0 unspecified atom stereocenters. The molecule has 0 aromatic heterocycles. The van der Waals surface area contributed by atoms with Crippen LogP contribution < -0.4 is 4.74 Å². The van der Waals surface area contributed by atoms with Gasteiger partial charge in [-0.1, -0.05) is 28.6 Å². The Morgan fingerprint density at radius 2 is 2.19 bits per heavy atom. The van der Waals surface area contributed by atoms with Crippen molar-refractivity contribution in [2.75, 3.05) is 6.61 Å². The topological polar surface area (TPSA) is 43.4 Å². The number of benzene rings is 1. The summed E-state index contributed by atoms with van der Waals surface area (Å²) >= 11 is 3.12. The van der Waals surface area contributed by atoms with Crippen LogP contribution in [0.3, 0.4) is 0 Å². The Morgan fingerprint density at radius 1 is 1.56 bits per heavy atom. The number of rotatable bonds is 4. The number of aryl methyl sites for hydroxylation is 1. The van der Waals surface area contributed by atoms with Crippen molar-refractivity contribution < 1.29 is 13.2 Å². The summed E-state index contributed by atoms with van der Waals surface area (Å²) in [6.07, 6.45) is 0. The van der Waals surface area contributed by atoms with Gasteiger partial charge in [0.15, 0.2) is 0 Å². The lowest BCUT2D eigenvalue weighted by molar-refractivity contribution is 0.351. The van der Waals surface area contributed by atoms with E-state index in [1.807, 2.05) is 0 Å². The quantitative estimate of drug-likeness (QED) is 0.798. The molecule has 0 amide bonds. The van der Waals surface area contributed by atoms with Crippen molar-refractivity contribution in [3.8, 4) is 5.75 Å². The average molecular weight is 326 g/mol. The third kappa shape index (κ3) is 3.81. The molecule has 16 heavy (non-hydrogen) atoms. The van der Waals surface area contributed by atoms with E-state index in [0.29, 0.717) is 4.48 Å². The van der Waals surface area contributed by atoms with E-state index in [1.54, 1.807) is 19.1 Å². The minimum atomic E-state index is -3.80. The second-order valence-electron chi connectivity index (χ2n) is 3.19. The average Bonchev–Trinajstić information content (AvgIpc) is 2.14. The molecule has 0 bridgehead atoms. The predicted molar refractivity (Wildman–Crippen MR) is 67.8 cm³/mol. The first-order chi connectivity index (χ1) is 7.30. The molecule has 88 valence electrons. The molecule has 0 spiro atoms. The Bertz CT molecular complexity index is 511. The normalized spacial score (nSPS) is 11.2. The molecule has 0 saturated heterocycles. The molecule has 3 nitrogen and oxygen atoms in total. The highest BCUT2D eigenvalue weighted by atomic mass is 79.9. The fraction of sp³-hybridized carbons (Fsp3) is 0.200. The van der Waals surface area contributed by atoms with Gasteiger partial charge in [-0.2, -0.15) is 0 Å². The summed E-state index contributed by atoms with van der Waals surface area (Å²) in [5.41, 5.74) is 0.796. The third-order valence-electron chi connectivity index (χ3n) is 1.75. The maximum Gasteiger partial charge on any atom is 0.264 e. The van der Waals surface area contributed by atoms with Crippen LogP contribution in [-0.2, 0) is 9.05 Å². The summed E-state index contributed by atoms with van der Waals surface area (Å²) in [5, 5.41) is 0. The zero-order valence-corrected chi connectivity index (χ0v) is 11.7. The molecule has 0 N–H and O–H groups in total. The monoisotopic (exact) mass is 324 g/mol. The van der Waals surface area contributed by atoms with Gasteiger partial charge in [0, 0.05) is 15.2 Å². The highest BCUT2D eigenvalue weighted by Crippen LogP contribution is 2.28. The number of ether oxygens (including phenoxy) is 1. The number of hydrogen-bond acceptors (Lipinski definition) is 3. The standard InChI is InChI=1S/C10H10BrClO3S/c1-7-3-4-9(15-6-8(2)11)10(5-7)16(12,13)14/h3-5H,2,6H2,1H3. The van der Waals surface area contributed by atoms with Crippen LogP contribution in [0.15, 0.2) is 34.2 Å². The van der Waals surface area contributed by atoms with E-state index in [2.05, 4.69) is 22.5 Å². The molecular formula is C10H10BrClO3S. The minimum absolute atomic E-state index is 0.0251. The number of halogens is 2. The van der Waals surface area contributed by atoms with E-state index < -0.39 is 9.05 Å². The molecule has 1 aromatic carbocycles. The van der Waals surface area contributed by atoms with Gasteiger partial charge in [-0.05, 0) is 24.6 Å². The molecule has 0 radical (unpaired) electrons. The first-order valence-electron chi connectivity index (χ1n) is 4.32. The van der Waals surface area contributed by atoms with E-state index in [0.717, 1.165) is 5.56 Å². The van der Waals surface area contributed by atoms with Crippen LogP contribution in [0.1, 0.15) is 5.56 Å². The Hall–Kier alpha value is -0.520. The van der Waals surface area contributed by atoms with Crippen molar-refractivity contribution in [1.82, 2.24) is 0 Å². The van der Waals surface area contributed by atoms with Crippen molar-refractivity contribution in [1.29, 1.82) is 0 Å². The fourth-order valence-corrected chi connectivity index (χ4v) is 2.25. The largest absolute Gasteiger partial charge is 0.487 e. The van der Waals surface area contributed by atoms with Gasteiger partial charge in [-0.25, -0.2) is 8.42 Å². The lowest BCUT2D eigenvalue weighted by atomic mass is 10.2. The van der Waals surface area contributed by atoms with E-state index in [1.165, 1.54) is 6.07 Å². The molecular weight excluding hydrogens is 316 g/mol. The molecule has 6 heteroatoms. The summed E-state index contributed by atoms with van der Waals surface area (Å²) < 4.78 is 28.5. The van der Waals surface area contributed by atoms with Crippen molar-refractivity contribution in [2.45, 2.75) is 11.8 Å². The SMILES string of the molecule is C=C(Br)COc1ccc(C)cc1S(=O)(=O)Cl. The fourth-order valence-electron chi connectivity index (χ4n) is 1.08. The first kappa shape index (κ1) is 13.5. The van der Waals surface area contributed by atoms with Crippen LogP contribution in [0.2, 0.25) is 0 Å². The molecule has 1 rings (SSSR count). The molecule has 0 saturated carbocycles. The van der Waals surface area contributed by atoms with Crippen LogP contribution in [0, 0.1) is 6.92 Å². The van der Waals surface area contributed by atoms with E-state index in [4.69, 9.17) is 15.4 Å². The summed E-state index contributed by atoms with van der Waals surface area (Å²) in [7, 11) is 1.51. The summed E-state index contributed by atoms with van der Waals surface area (Å²) in [6.45, 7) is 5.55. The van der Waals surface area contributed by atoms with Gasteiger partial charge in [-0.3, -0.25) is 0 Å². The zero-order chi connectivity index (χ0) is 12.3. The van der Waals surface area contributed by atoms with Gasteiger partial charge in [-0.15, -0.1) is 0 Å². The highest BCUT2D eigenvalue weighted by molar-refractivity contribution is 9.11. The van der Waals surface area contributed by atoms with Crippen molar-refractivity contribution >= 4 is 35.7 Å². The Morgan fingerprint density at radius 3 is 2.69 bits per heavy atom. The zero-order valence-electron chi connectivity index (χ0n) is 8.54. The van der Waals surface area contributed by atoms with E-state index in [9.17, 15) is 8.42 Å². The summed E-state index contributed by atoms with van der Waals surface area (Å²) in [5.74, 6) is 0.223. The Kier molecular flexibility index (Phi) is 4.41. The molecule has 0 heterocycles. The number of hydrogen-bond donors (Lipinski definition) is 0. The minimum Gasteiger partial charge on any atom is -0.487 e. The second-order valence-corrected chi connectivity index (χ2v) is 6.85. The maximum atomic E-state index is 11.3. The van der Waals surface area contributed by atoms with Gasteiger partial charge < -0.3 is 4.74 Å². The lowest BCUT2D eigenvalue weighted by Gasteiger charge is -2.09. The van der Waals surface area contributed by atoms with Crippen LogP contribution >= 0.6 is 26.6 Å². The summed E-state index contributed by atoms with van der Waals surface area (Å²) in [6, 6.07) is 4.78. The highest BCUT2D eigenvalue weighted by Gasteiger charge is 2.17. The maximum absolute atomic E-state index is 11.3. The van der Waals surface area contributed by atoms with Gasteiger partial charge in [0.1, 0.15) is 17.3 Å². The van der Waals surface area contributed by atoms with Crippen molar-refractivity contribution in [3.63, 3.8) is 0 Å². The van der Waals surface area contributed by atoms with Gasteiger partial charge in [0.25, 0.3) is 9.05 Å². The van der Waals surface area contributed by atoms with Crippen LogP contribution in [0.4, 0.5) is 0 Å². The second kappa shape index (κ2) is 5.21. The predicted octanol–water partition coefficient (Wildman–Crippen LogP) is 3.21. The van der Waals surface area contributed by atoms with Crippen LogP contribution in [0.5, 0.6) is 5.75 Å². The van der Waals surface area contributed by atoms with Crippen molar-refractivity contribution in [3.05, 3.63) is 34.8 Å². The van der Waals surface area contributed by atoms with Crippen molar-refractivity contribution in [2.24, 2.45) is 0 Å².